The highest BCUT2D eigenvalue weighted by Crippen LogP contribution is 2.23. The normalized spacial score (nSPS) is 14.7. The van der Waals surface area contributed by atoms with E-state index in [0.29, 0.717) is 10.9 Å². The third-order valence-electron chi connectivity index (χ3n) is 3.10. The molecule has 6 heteroatoms. The summed E-state index contributed by atoms with van der Waals surface area (Å²) >= 11 is 11.8. The van der Waals surface area contributed by atoms with Gasteiger partial charge in [0.2, 0.25) is 0 Å². The van der Waals surface area contributed by atoms with Crippen molar-refractivity contribution in [2.75, 3.05) is 11.4 Å². The summed E-state index contributed by atoms with van der Waals surface area (Å²) in [6.07, 6.45) is 3.84. The minimum Gasteiger partial charge on any atom is -0.347 e. The molecule has 0 fully saturated rings. The maximum atomic E-state index is 6.02. The molecule has 1 aliphatic heterocycles. The third-order valence-corrected chi connectivity index (χ3v) is 3.70. The molecule has 0 saturated heterocycles. The Kier molecular flexibility index (Phi) is 3.14. The number of halogens is 2. The fourth-order valence-corrected chi connectivity index (χ4v) is 2.56. The van der Waals surface area contributed by atoms with Crippen LogP contribution in [-0.4, -0.2) is 21.1 Å². The number of pyridine rings is 1. The number of nitrogens with zero attached hydrogens (tertiary/aromatic N) is 4. The summed E-state index contributed by atoms with van der Waals surface area (Å²) < 4.78 is 2.16. The van der Waals surface area contributed by atoms with Gasteiger partial charge in [0.25, 0.3) is 0 Å². The topological polar surface area (TPSA) is 34.0 Å². The van der Waals surface area contributed by atoms with E-state index in [1.807, 2.05) is 24.5 Å². The van der Waals surface area contributed by atoms with Crippen LogP contribution in [0.15, 0.2) is 24.5 Å². The van der Waals surface area contributed by atoms with E-state index in [2.05, 4.69) is 19.4 Å². The monoisotopic (exact) mass is 282 g/mol. The average molecular weight is 283 g/mol. The second kappa shape index (κ2) is 4.78. The lowest BCUT2D eigenvalue weighted by molar-refractivity contribution is 0.556. The highest BCUT2D eigenvalue weighted by molar-refractivity contribution is 6.32. The summed E-state index contributed by atoms with van der Waals surface area (Å²) in [6, 6.07) is 3.78. The lowest BCUT2D eigenvalue weighted by Gasteiger charge is -2.28. The fourth-order valence-electron chi connectivity index (χ4n) is 2.11. The van der Waals surface area contributed by atoms with Crippen LogP contribution in [-0.2, 0) is 19.0 Å². The molecule has 0 radical (unpaired) electrons. The standard InChI is InChI=1S/C12H12Cl2N4/c13-7-10-9(14)1-2-11(16-10)18-6-5-17-4-3-15-12(17)8-18/h1-4H,5-8H2. The zero-order valence-electron chi connectivity index (χ0n) is 9.68. The van der Waals surface area contributed by atoms with E-state index in [4.69, 9.17) is 23.2 Å². The summed E-state index contributed by atoms with van der Waals surface area (Å²) in [5, 5.41) is 0.618. The molecule has 18 heavy (non-hydrogen) atoms. The Balaban J connectivity index is 1.88. The first-order chi connectivity index (χ1) is 8.78. The van der Waals surface area contributed by atoms with Crippen molar-refractivity contribution in [1.29, 1.82) is 0 Å². The first-order valence-electron chi connectivity index (χ1n) is 5.74. The molecule has 0 N–H and O–H groups in total. The number of hydrogen-bond donors (Lipinski definition) is 0. The molecule has 1 aliphatic rings. The molecular weight excluding hydrogens is 271 g/mol. The van der Waals surface area contributed by atoms with Crippen LogP contribution in [0.2, 0.25) is 5.02 Å². The van der Waals surface area contributed by atoms with Crippen molar-refractivity contribution in [2.24, 2.45) is 0 Å². The summed E-state index contributed by atoms with van der Waals surface area (Å²) in [5.74, 6) is 2.30. The second-order valence-electron chi connectivity index (χ2n) is 4.19. The number of anilines is 1. The summed E-state index contributed by atoms with van der Waals surface area (Å²) in [5.41, 5.74) is 0.727. The molecule has 3 rings (SSSR count). The molecule has 3 heterocycles. The Hall–Kier alpha value is -1.26. The predicted octanol–water partition coefficient (Wildman–Crippen LogP) is 2.69. The molecule has 2 aromatic rings. The van der Waals surface area contributed by atoms with Crippen LogP contribution in [0.1, 0.15) is 11.5 Å². The number of alkyl halides is 1. The molecule has 0 bridgehead atoms. The Morgan fingerprint density at radius 2 is 2.17 bits per heavy atom. The molecule has 0 spiro atoms. The number of aromatic nitrogens is 3. The maximum absolute atomic E-state index is 6.02. The first kappa shape index (κ1) is 11.8. The van der Waals surface area contributed by atoms with Gasteiger partial charge in [-0.2, -0.15) is 0 Å². The molecular formula is C12H12Cl2N4. The molecule has 0 unspecified atom stereocenters. The quantitative estimate of drug-likeness (QED) is 0.795. The van der Waals surface area contributed by atoms with Crippen molar-refractivity contribution in [3.63, 3.8) is 0 Å². The number of rotatable bonds is 2. The predicted molar refractivity (Wildman–Crippen MR) is 72.1 cm³/mol. The van der Waals surface area contributed by atoms with Crippen molar-refractivity contribution in [3.8, 4) is 0 Å². The van der Waals surface area contributed by atoms with Crippen LogP contribution in [0.5, 0.6) is 0 Å². The molecule has 94 valence electrons. The summed E-state index contributed by atoms with van der Waals surface area (Å²) in [4.78, 5) is 11.0. The lowest BCUT2D eigenvalue weighted by Crippen LogP contribution is -2.34. The molecule has 0 saturated carbocycles. The summed E-state index contributed by atoms with van der Waals surface area (Å²) in [7, 11) is 0. The van der Waals surface area contributed by atoms with E-state index < -0.39 is 0 Å². The van der Waals surface area contributed by atoms with Crippen molar-refractivity contribution < 1.29 is 0 Å². The van der Waals surface area contributed by atoms with Crippen LogP contribution < -0.4 is 4.90 Å². The van der Waals surface area contributed by atoms with E-state index in [1.165, 1.54) is 0 Å². The van der Waals surface area contributed by atoms with Gasteiger partial charge in [0.05, 0.1) is 23.1 Å². The molecule has 0 aliphatic carbocycles. The van der Waals surface area contributed by atoms with Gasteiger partial charge in [-0.15, -0.1) is 11.6 Å². The number of hydrogen-bond acceptors (Lipinski definition) is 3. The Morgan fingerprint density at radius 1 is 1.28 bits per heavy atom. The van der Waals surface area contributed by atoms with Gasteiger partial charge in [-0.3, -0.25) is 0 Å². The van der Waals surface area contributed by atoms with Gasteiger partial charge in [-0.1, -0.05) is 11.6 Å². The molecule has 4 nitrogen and oxygen atoms in total. The van der Waals surface area contributed by atoms with Gasteiger partial charge >= 0.3 is 0 Å². The Bertz CT molecular complexity index is 567. The van der Waals surface area contributed by atoms with Crippen molar-refractivity contribution in [3.05, 3.63) is 41.1 Å². The zero-order valence-corrected chi connectivity index (χ0v) is 11.2. The Morgan fingerprint density at radius 3 is 3.00 bits per heavy atom. The first-order valence-corrected chi connectivity index (χ1v) is 6.65. The van der Waals surface area contributed by atoms with Gasteiger partial charge in [0.15, 0.2) is 0 Å². The smallest absolute Gasteiger partial charge is 0.129 e. The van der Waals surface area contributed by atoms with E-state index in [1.54, 1.807) is 0 Å². The van der Waals surface area contributed by atoms with Crippen molar-refractivity contribution in [1.82, 2.24) is 14.5 Å². The van der Waals surface area contributed by atoms with Crippen LogP contribution in [0, 0.1) is 0 Å². The van der Waals surface area contributed by atoms with Crippen LogP contribution in [0.3, 0.4) is 0 Å². The highest BCUT2D eigenvalue weighted by Gasteiger charge is 2.18. The molecule has 0 aromatic carbocycles. The lowest BCUT2D eigenvalue weighted by atomic mass is 10.3. The van der Waals surface area contributed by atoms with E-state index in [0.717, 1.165) is 37.0 Å². The largest absolute Gasteiger partial charge is 0.347 e. The van der Waals surface area contributed by atoms with E-state index in [9.17, 15) is 0 Å². The van der Waals surface area contributed by atoms with Gasteiger partial charge in [-0.05, 0) is 12.1 Å². The van der Waals surface area contributed by atoms with Crippen LogP contribution in [0.4, 0.5) is 5.82 Å². The van der Waals surface area contributed by atoms with E-state index in [-0.39, 0.29) is 0 Å². The minimum atomic E-state index is 0.329. The van der Waals surface area contributed by atoms with Crippen LogP contribution >= 0.6 is 23.2 Å². The van der Waals surface area contributed by atoms with E-state index >= 15 is 0 Å². The highest BCUT2D eigenvalue weighted by atomic mass is 35.5. The number of imidazole rings is 1. The molecule has 0 atom stereocenters. The Labute approximate surface area is 115 Å². The van der Waals surface area contributed by atoms with Gasteiger partial charge in [-0.25, -0.2) is 9.97 Å². The van der Waals surface area contributed by atoms with Gasteiger partial charge < -0.3 is 9.47 Å². The minimum absolute atomic E-state index is 0.329. The molecule has 2 aromatic heterocycles. The maximum Gasteiger partial charge on any atom is 0.129 e. The average Bonchev–Trinajstić information content (AvgIpc) is 2.86. The summed E-state index contributed by atoms with van der Waals surface area (Å²) in [6.45, 7) is 2.61. The fraction of sp³-hybridized carbons (Fsp3) is 0.333. The van der Waals surface area contributed by atoms with Gasteiger partial charge in [0, 0.05) is 25.5 Å². The molecule has 0 amide bonds. The second-order valence-corrected chi connectivity index (χ2v) is 4.86. The van der Waals surface area contributed by atoms with Crippen LogP contribution in [0.25, 0.3) is 0 Å². The SMILES string of the molecule is ClCc1nc(N2CCn3ccnc3C2)ccc1Cl. The van der Waals surface area contributed by atoms with Crippen molar-refractivity contribution >= 4 is 29.0 Å². The van der Waals surface area contributed by atoms with Crippen molar-refractivity contribution in [2.45, 2.75) is 19.0 Å². The third kappa shape index (κ3) is 2.06. The van der Waals surface area contributed by atoms with Gasteiger partial charge in [0.1, 0.15) is 11.6 Å². The zero-order chi connectivity index (χ0) is 12.5. The number of fused-ring (bicyclic) bond motifs is 1.